The molecule has 0 saturated carbocycles. The summed E-state index contributed by atoms with van der Waals surface area (Å²) in [5.41, 5.74) is 7.86. The highest BCUT2D eigenvalue weighted by Crippen LogP contribution is 2.28. The minimum absolute atomic E-state index is 0.0287. The Labute approximate surface area is 120 Å². The minimum atomic E-state index is -3.54. The molecule has 1 aromatic rings. The Morgan fingerprint density at radius 3 is 2.75 bits per heavy atom. The number of aliphatic hydroxyl groups is 1. The lowest BCUT2D eigenvalue weighted by Crippen LogP contribution is -2.41. The normalized spacial score (nSPS) is 21.1. The summed E-state index contributed by atoms with van der Waals surface area (Å²) in [7, 11) is -3.54. The maximum Gasteiger partial charge on any atom is 0.243 e. The predicted molar refractivity (Wildman–Crippen MR) is 78.9 cm³/mol. The van der Waals surface area contributed by atoms with Crippen molar-refractivity contribution in [3.05, 3.63) is 23.3 Å². The number of aryl methyl sites for hydroxylation is 1. The topological polar surface area (TPSA) is 83.6 Å². The predicted octanol–water partition coefficient (Wildman–Crippen LogP) is 1.28. The van der Waals surface area contributed by atoms with Gasteiger partial charge in [0.1, 0.15) is 0 Å². The fourth-order valence-electron chi connectivity index (χ4n) is 2.66. The van der Waals surface area contributed by atoms with E-state index >= 15 is 0 Å². The summed E-state index contributed by atoms with van der Waals surface area (Å²) in [6.45, 7) is 4.58. The number of benzene rings is 1. The molecule has 1 saturated heterocycles. The molecule has 1 unspecified atom stereocenters. The molecule has 20 heavy (non-hydrogen) atoms. The zero-order valence-corrected chi connectivity index (χ0v) is 12.8. The second kappa shape index (κ2) is 5.71. The lowest BCUT2D eigenvalue weighted by Gasteiger charge is -2.31. The number of hydrogen-bond acceptors (Lipinski definition) is 4. The highest BCUT2D eigenvalue weighted by molar-refractivity contribution is 7.89. The van der Waals surface area contributed by atoms with Crippen LogP contribution in [0, 0.1) is 19.8 Å². The maximum atomic E-state index is 12.8. The number of nitrogen functional groups attached to an aromatic ring is 1. The molecule has 0 spiro atoms. The summed E-state index contributed by atoms with van der Waals surface area (Å²) in [5.74, 6) is 0.0287. The van der Waals surface area contributed by atoms with Gasteiger partial charge in [-0.1, -0.05) is 0 Å². The third-order valence-electron chi connectivity index (χ3n) is 4.00. The van der Waals surface area contributed by atoms with Crippen LogP contribution in [0.4, 0.5) is 5.69 Å². The molecule has 0 bridgehead atoms. The largest absolute Gasteiger partial charge is 0.399 e. The molecule has 6 heteroatoms. The highest BCUT2D eigenvalue weighted by Gasteiger charge is 2.31. The van der Waals surface area contributed by atoms with E-state index in [0.717, 1.165) is 24.0 Å². The molecule has 0 amide bonds. The van der Waals surface area contributed by atoms with E-state index in [1.807, 2.05) is 6.92 Å². The summed E-state index contributed by atoms with van der Waals surface area (Å²) in [6, 6.07) is 3.31. The highest BCUT2D eigenvalue weighted by atomic mass is 32.2. The first-order chi connectivity index (χ1) is 9.36. The maximum absolute atomic E-state index is 12.8. The molecule has 3 N–H and O–H groups in total. The van der Waals surface area contributed by atoms with Crippen LogP contribution < -0.4 is 5.73 Å². The van der Waals surface area contributed by atoms with Crippen LogP contribution in [0.15, 0.2) is 17.0 Å². The zero-order valence-electron chi connectivity index (χ0n) is 12.0. The molecule has 0 aromatic heterocycles. The molecule has 112 valence electrons. The van der Waals surface area contributed by atoms with E-state index in [1.54, 1.807) is 13.0 Å². The molecule has 1 atom stereocenters. The molecule has 5 nitrogen and oxygen atoms in total. The van der Waals surface area contributed by atoms with Crippen molar-refractivity contribution < 1.29 is 13.5 Å². The standard InChI is InChI=1S/C14H22N2O3S/c1-10-6-13(15)7-14(11(10)2)20(18,19)16-5-3-4-12(8-16)9-17/h6-7,12,17H,3-5,8-9,15H2,1-2H3. The summed E-state index contributed by atoms with van der Waals surface area (Å²) in [6.07, 6.45) is 1.66. The monoisotopic (exact) mass is 298 g/mol. The van der Waals surface area contributed by atoms with Gasteiger partial charge in [-0.3, -0.25) is 0 Å². The van der Waals surface area contributed by atoms with Crippen LogP contribution in [-0.2, 0) is 10.0 Å². The molecular formula is C14H22N2O3S. The van der Waals surface area contributed by atoms with Gasteiger partial charge in [-0.2, -0.15) is 4.31 Å². The number of piperidine rings is 1. The molecule has 1 aliphatic rings. The van der Waals surface area contributed by atoms with Crippen molar-refractivity contribution in [2.75, 3.05) is 25.4 Å². The average molecular weight is 298 g/mol. The Morgan fingerprint density at radius 2 is 2.10 bits per heavy atom. The van der Waals surface area contributed by atoms with Gasteiger partial charge in [-0.15, -0.1) is 0 Å². The van der Waals surface area contributed by atoms with Gasteiger partial charge >= 0.3 is 0 Å². The fourth-order valence-corrected chi connectivity index (χ4v) is 4.54. The van der Waals surface area contributed by atoms with Crippen molar-refractivity contribution in [2.24, 2.45) is 5.92 Å². The number of rotatable bonds is 3. The number of nitrogens with two attached hydrogens (primary N) is 1. The number of nitrogens with zero attached hydrogens (tertiary/aromatic N) is 1. The van der Waals surface area contributed by atoms with E-state index in [1.165, 1.54) is 10.4 Å². The first kappa shape index (κ1) is 15.3. The third kappa shape index (κ3) is 2.82. The van der Waals surface area contributed by atoms with E-state index < -0.39 is 10.0 Å². The smallest absolute Gasteiger partial charge is 0.243 e. The van der Waals surface area contributed by atoms with Gasteiger partial charge in [0.25, 0.3) is 0 Å². The molecule has 0 aliphatic carbocycles. The van der Waals surface area contributed by atoms with Gasteiger partial charge in [-0.05, 0) is 55.9 Å². The van der Waals surface area contributed by atoms with Gasteiger partial charge in [0.15, 0.2) is 0 Å². The second-order valence-electron chi connectivity index (χ2n) is 5.51. The number of aliphatic hydroxyl groups excluding tert-OH is 1. The summed E-state index contributed by atoms with van der Waals surface area (Å²) in [5, 5.41) is 9.25. The Balaban J connectivity index is 2.40. The first-order valence-corrected chi connectivity index (χ1v) is 8.28. The van der Waals surface area contributed by atoms with Crippen molar-refractivity contribution in [2.45, 2.75) is 31.6 Å². The van der Waals surface area contributed by atoms with Crippen LogP contribution in [0.1, 0.15) is 24.0 Å². The van der Waals surface area contributed by atoms with Gasteiger partial charge in [0.2, 0.25) is 10.0 Å². The molecule has 0 radical (unpaired) electrons. The van der Waals surface area contributed by atoms with Gasteiger partial charge in [-0.25, -0.2) is 8.42 Å². The summed E-state index contributed by atoms with van der Waals surface area (Å²) >= 11 is 0. The molecule has 1 aromatic carbocycles. The van der Waals surface area contributed by atoms with Crippen LogP contribution in [0.3, 0.4) is 0 Å². The van der Waals surface area contributed by atoms with Crippen molar-refractivity contribution >= 4 is 15.7 Å². The van der Waals surface area contributed by atoms with Crippen molar-refractivity contribution in [1.29, 1.82) is 0 Å². The minimum Gasteiger partial charge on any atom is -0.399 e. The fraction of sp³-hybridized carbons (Fsp3) is 0.571. The quantitative estimate of drug-likeness (QED) is 0.823. The lowest BCUT2D eigenvalue weighted by atomic mass is 10.0. The molecular weight excluding hydrogens is 276 g/mol. The molecule has 2 rings (SSSR count). The first-order valence-electron chi connectivity index (χ1n) is 6.84. The third-order valence-corrected chi connectivity index (χ3v) is 5.99. The number of anilines is 1. The Bertz CT molecular complexity index is 599. The van der Waals surface area contributed by atoms with Gasteiger partial charge in [0.05, 0.1) is 4.90 Å². The van der Waals surface area contributed by atoms with Crippen LogP contribution in [0.5, 0.6) is 0 Å². The van der Waals surface area contributed by atoms with Gasteiger partial charge < -0.3 is 10.8 Å². The Morgan fingerprint density at radius 1 is 1.40 bits per heavy atom. The van der Waals surface area contributed by atoms with E-state index in [9.17, 15) is 13.5 Å². The van der Waals surface area contributed by atoms with E-state index in [0.29, 0.717) is 18.8 Å². The van der Waals surface area contributed by atoms with Crippen LogP contribution in [-0.4, -0.2) is 37.5 Å². The van der Waals surface area contributed by atoms with Crippen molar-refractivity contribution in [3.63, 3.8) is 0 Å². The lowest BCUT2D eigenvalue weighted by molar-refractivity contribution is 0.165. The Hall–Kier alpha value is -1.11. The zero-order chi connectivity index (χ0) is 14.9. The van der Waals surface area contributed by atoms with Crippen LogP contribution in [0.25, 0.3) is 0 Å². The van der Waals surface area contributed by atoms with Crippen molar-refractivity contribution in [1.82, 2.24) is 4.31 Å². The molecule has 1 aliphatic heterocycles. The summed E-state index contributed by atoms with van der Waals surface area (Å²) in [4.78, 5) is 0.286. The number of sulfonamides is 1. The number of hydrogen-bond donors (Lipinski definition) is 2. The molecule has 1 heterocycles. The SMILES string of the molecule is Cc1cc(N)cc(S(=O)(=O)N2CCCC(CO)C2)c1C. The Kier molecular flexibility index (Phi) is 4.36. The van der Waals surface area contributed by atoms with Crippen LogP contribution in [0.2, 0.25) is 0 Å². The molecule has 1 fully saturated rings. The van der Waals surface area contributed by atoms with Gasteiger partial charge in [0, 0.05) is 25.4 Å². The summed E-state index contributed by atoms with van der Waals surface area (Å²) < 4.78 is 27.0. The average Bonchev–Trinajstić information content (AvgIpc) is 2.42. The second-order valence-corrected chi connectivity index (χ2v) is 7.42. The van der Waals surface area contributed by atoms with E-state index in [4.69, 9.17) is 5.73 Å². The van der Waals surface area contributed by atoms with Crippen molar-refractivity contribution in [3.8, 4) is 0 Å². The van der Waals surface area contributed by atoms with E-state index in [-0.39, 0.29) is 17.4 Å². The van der Waals surface area contributed by atoms with Crippen LogP contribution >= 0.6 is 0 Å². The van der Waals surface area contributed by atoms with E-state index in [2.05, 4.69) is 0 Å².